The second kappa shape index (κ2) is 8.58. The van der Waals surface area contributed by atoms with Crippen molar-refractivity contribution >= 4 is 28.1 Å². The zero-order chi connectivity index (χ0) is 23.9. The summed E-state index contributed by atoms with van der Waals surface area (Å²) in [4.78, 5) is 20.6. The minimum absolute atomic E-state index is 0.0641. The molecule has 0 bridgehead atoms. The van der Waals surface area contributed by atoms with Crippen LogP contribution in [0.1, 0.15) is 41.7 Å². The van der Waals surface area contributed by atoms with Gasteiger partial charge in [-0.1, -0.05) is 0 Å². The average Bonchev–Trinajstić information content (AvgIpc) is 3.27. The second-order valence-corrected chi connectivity index (χ2v) is 8.50. The Morgan fingerprint density at radius 3 is 2.74 bits per heavy atom. The molecule has 4 aromatic rings. The number of carbonyl (C=O) groups excluding carboxylic acids is 1. The zero-order valence-corrected chi connectivity index (χ0v) is 17.9. The minimum atomic E-state index is -4.63. The highest BCUT2D eigenvalue weighted by Gasteiger charge is 2.34. The van der Waals surface area contributed by atoms with Crippen LogP contribution in [0.3, 0.4) is 0 Å². The van der Waals surface area contributed by atoms with Gasteiger partial charge in [0.25, 0.3) is 5.91 Å². The SMILES string of the molecule is O=C(N[C@@H]1CCC[C@H](Nc2cc(C(F)(F)F)nc3ccc(F)cc23)C1)c1ccc2nccn2c1. The first kappa shape index (κ1) is 22.1. The van der Waals surface area contributed by atoms with Crippen molar-refractivity contribution in [1.82, 2.24) is 19.7 Å². The van der Waals surface area contributed by atoms with Gasteiger partial charge in [-0.15, -0.1) is 0 Å². The number of nitrogens with zero attached hydrogens (tertiary/aromatic N) is 3. The number of carbonyl (C=O) groups is 1. The number of aromatic nitrogens is 3. The Morgan fingerprint density at radius 2 is 1.91 bits per heavy atom. The maximum absolute atomic E-state index is 13.8. The number of imidazole rings is 1. The van der Waals surface area contributed by atoms with E-state index >= 15 is 0 Å². The molecule has 1 amide bonds. The number of anilines is 1. The largest absolute Gasteiger partial charge is 0.433 e. The van der Waals surface area contributed by atoms with E-state index in [2.05, 4.69) is 20.6 Å². The van der Waals surface area contributed by atoms with Gasteiger partial charge >= 0.3 is 6.18 Å². The third-order valence-corrected chi connectivity index (χ3v) is 6.08. The highest BCUT2D eigenvalue weighted by Crippen LogP contribution is 2.34. The number of halogens is 4. The number of hydrogen-bond donors (Lipinski definition) is 2. The Labute approximate surface area is 192 Å². The highest BCUT2D eigenvalue weighted by molar-refractivity contribution is 5.94. The van der Waals surface area contributed by atoms with E-state index in [0.717, 1.165) is 30.6 Å². The highest BCUT2D eigenvalue weighted by atomic mass is 19.4. The molecule has 1 aliphatic rings. The molecular formula is C24H21F4N5O. The summed E-state index contributed by atoms with van der Waals surface area (Å²) in [5.74, 6) is -0.780. The van der Waals surface area contributed by atoms with Crippen molar-refractivity contribution in [3.8, 4) is 0 Å². The molecule has 5 rings (SSSR count). The quantitative estimate of drug-likeness (QED) is 0.402. The van der Waals surface area contributed by atoms with Crippen LogP contribution in [0, 0.1) is 5.82 Å². The van der Waals surface area contributed by atoms with E-state index in [4.69, 9.17) is 0 Å². The van der Waals surface area contributed by atoms with Gasteiger partial charge in [-0.05, 0) is 62.1 Å². The average molecular weight is 471 g/mol. The topological polar surface area (TPSA) is 71.3 Å². The van der Waals surface area contributed by atoms with Gasteiger partial charge in [0.15, 0.2) is 0 Å². The first-order chi connectivity index (χ1) is 16.3. The summed E-state index contributed by atoms with van der Waals surface area (Å²) in [6.07, 6.45) is 3.26. The first-order valence-corrected chi connectivity index (χ1v) is 10.9. The van der Waals surface area contributed by atoms with Crippen LogP contribution in [0.4, 0.5) is 23.2 Å². The predicted octanol–water partition coefficient (Wildman–Crippen LogP) is 5.19. The molecule has 0 saturated heterocycles. The molecule has 0 aliphatic heterocycles. The normalized spacial score (nSPS) is 18.8. The van der Waals surface area contributed by atoms with Gasteiger partial charge in [0.1, 0.15) is 17.2 Å². The van der Waals surface area contributed by atoms with Crippen LogP contribution < -0.4 is 10.6 Å². The number of alkyl halides is 3. The number of amides is 1. The van der Waals surface area contributed by atoms with Gasteiger partial charge in [-0.25, -0.2) is 14.4 Å². The smallest absolute Gasteiger partial charge is 0.382 e. The number of benzene rings is 1. The number of nitrogens with one attached hydrogen (secondary N) is 2. The molecule has 3 aromatic heterocycles. The third-order valence-electron chi connectivity index (χ3n) is 6.08. The molecule has 10 heteroatoms. The summed E-state index contributed by atoms with van der Waals surface area (Å²) in [7, 11) is 0. The molecule has 6 nitrogen and oxygen atoms in total. The van der Waals surface area contributed by atoms with Crippen LogP contribution in [0.25, 0.3) is 16.6 Å². The van der Waals surface area contributed by atoms with E-state index in [1.165, 1.54) is 12.1 Å². The lowest BCUT2D eigenvalue weighted by Gasteiger charge is -2.31. The number of hydrogen-bond acceptors (Lipinski definition) is 4. The monoisotopic (exact) mass is 471 g/mol. The van der Waals surface area contributed by atoms with Crippen molar-refractivity contribution in [3.05, 3.63) is 72.1 Å². The van der Waals surface area contributed by atoms with Crippen LogP contribution in [-0.2, 0) is 6.18 Å². The van der Waals surface area contributed by atoms with Gasteiger partial charge < -0.3 is 15.0 Å². The van der Waals surface area contributed by atoms with Crippen LogP contribution in [0.2, 0.25) is 0 Å². The second-order valence-electron chi connectivity index (χ2n) is 8.50. The van der Waals surface area contributed by atoms with E-state index in [9.17, 15) is 22.4 Å². The van der Waals surface area contributed by atoms with Crippen molar-refractivity contribution < 1.29 is 22.4 Å². The zero-order valence-electron chi connectivity index (χ0n) is 17.9. The lowest BCUT2D eigenvalue weighted by atomic mass is 9.90. The standard InChI is InChI=1S/C24H21F4N5O/c25-15-5-6-19-18(10-15)20(12-21(32-19)24(26,27)28)30-16-2-1-3-17(11-16)31-23(34)14-4-7-22-29-8-9-33(22)13-14/h4-10,12-13,16-17H,1-3,11H2,(H,30,32)(H,31,34)/t16-,17+/m0/s1. The van der Waals surface area contributed by atoms with E-state index in [0.29, 0.717) is 18.4 Å². The maximum Gasteiger partial charge on any atom is 0.433 e. The molecular weight excluding hydrogens is 450 g/mol. The molecule has 1 aromatic carbocycles. The predicted molar refractivity (Wildman–Crippen MR) is 119 cm³/mol. The maximum atomic E-state index is 13.8. The fourth-order valence-corrected chi connectivity index (χ4v) is 4.46. The van der Waals surface area contributed by atoms with Crippen molar-refractivity contribution in [2.75, 3.05) is 5.32 Å². The molecule has 2 atom stereocenters. The molecule has 1 saturated carbocycles. The number of pyridine rings is 2. The first-order valence-electron chi connectivity index (χ1n) is 10.9. The van der Waals surface area contributed by atoms with Gasteiger partial charge in [-0.2, -0.15) is 13.2 Å². The Hall–Kier alpha value is -3.69. The van der Waals surface area contributed by atoms with Crippen molar-refractivity contribution in [2.45, 2.75) is 43.9 Å². The molecule has 0 radical (unpaired) electrons. The number of fused-ring (bicyclic) bond motifs is 2. The van der Waals surface area contributed by atoms with Gasteiger partial charge in [-0.3, -0.25) is 4.79 Å². The van der Waals surface area contributed by atoms with Crippen LogP contribution in [-0.4, -0.2) is 32.4 Å². The Morgan fingerprint density at radius 1 is 1.09 bits per heavy atom. The third kappa shape index (κ3) is 4.52. The summed E-state index contributed by atoms with van der Waals surface area (Å²) >= 11 is 0. The van der Waals surface area contributed by atoms with Crippen LogP contribution in [0.15, 0.2) is 55.0 Å². The summed E-state index contributed by atoms with van der Waals surface area (Å²) in [6.45, 7) is 0. The fraction of sp³-hybridized carbons (Fsp3) is 0.292. The molecule has 0 spiro atoms. The van der Waals surface area contributed by atoms with Crippen molar-refractivity contribution in [3.63, 3.8) is 0 Å². The molecule has 34 heavy (non-hydrogen) atoms. The number of rotatable bonds is 4. The van der Waals surface area contributed by atoms with Crippen molar-refractivity contribution in [2.24, 2.45) is 0 Å². The molecule has 1 fully saturated rings. The Kier molecular flexibility index (Phi) is 5.59. The molecule has 2 N–H and O–H groups in total. The fourth-order valence-electron chi connectivity index (χ4n) is 4.46. The lowest BCUT2D eigenvalue weighted by molar-refractivity contribution is -0.140. The van der Waals surface area contributed by atoms with E-state index in [1.54, 1.807) is 35.1 Å². The summed E-state index contributed by atoms with van der Waals surface area (Å²) < 4.78 is 55.7. The van der Waals surface area contributed by atoms with Gasteiger partial charge in [0.2, 0.25) is 0 Å². The molecule has 176 valence electrons. The van der Waals surface area contributed by atoms with Crippen LogP contribution >= 0.6 is 0 Å². The molecule has 0 unspecified atom stereocenters. The minimum Gasteiger partial charge on any atom is -0.382 e. The summed E-state index contributed by atoms with van der Waals surface area (Å²) in [5, 5.41) is 6.47. The van der Waals surface area contributed by atoms with E-state index in [1.807, 2.05) is 0 Å². The lowest BCUT2D eigenvalue weighted by Crippen LogP contribution is -2.41. The summed E-state index contributed by atoms with van der Waals surface area (Å²) in [6, 6.07) is 7.55. The Balaban J connectivity index is 1.34. The van der Waals surface area contributed by atoms with Crippen LogP contribution in [0.5, 0.6) is 0 Å². The van der Waals surface area contributed by atoms with E-state index < -0.39 is 17.7 Å². The molecule has 1 aliphatic carbocycles. The van der Waals surface area contributed by atoms with Gasteiger partial charge in [0.05, 0.1) is 11.1 Å². The summed E-state index contributed by atoms with van der Waals surface area (Å²) in [5.41, 5.74) is 0.432. The van der Waals surface area contributed by atoms with Gasteiger partial charge in [0, 0.05) is 41.7 Å². The Bertz CT molecular complexity index is 1370. The van der Waals surface area contributed by atoms with E-state index in [-0.39, 0.29) is 34.6 Å². The van der Waals surface area contributed by atoms with Crippen molar-refractivity contribution in [1.29, 1.82) is 0 Å². The molecule has 3 heterocycles.